The van der Waals surface area contributed by atoms with Gasteiger partial charge in [-0.1, -0.05) is 23.2 Å². The lowest BCUT2D eigenvalue weighted by Gasteiger charge is -2.05. The zero-order valence-corrected chi connectivity index (χ0v) is 11.3. The highest BCUT2D eigenvalue weighted by atomic mass is 35.5. The molecule has 7 heteroatoms. The van der Waals surface area contributed by atoms with Crippen molar-refractivity contribution in [2.45, 2.75) is 6.42 Å². The maximum Gasteiger partial charge on any atom is 0.312 e. The number of esters is 1. The zero-order valence-electron chi connectivity index (χ0n) is 8.94. The average molecular weight is 297 g/mol. The van der Waals surface area contributed by atoms with Crippen molar-refractivity contribution >= 4 is 39.0 Å². The van der Waals surface area contributed by atoms with E-state index in [0.717, 1.165) is 6.26 Å². The molecular formula is C10H10Cl2O4S. The highest BCUT2D eigenvalue weighted by molar-refractivity contribution is 7.90. The summed E-state index contributed by atoms with van der Waals surface area (Å²) in [5, 5.41) is 0.621. The van der Waals surface area contributed by atoms with E-state index in [0.29, 0.717) is 5.02 Å². The fraction of sp³-hybridized carbons (Fsp3) is 0.300. The van der Waals surface area contributed by atoms with E-state index in [1.54, 1.807) is 0 Å². The molecule has 0 heterocycles. The first-order valence-corrected chi connectivity index (χ1v) is 7.43. The molecule has 0 amide bonds. The van der Waals surface area contributed by atoms with Crippen LogP contribution in [-0.2, 0) is 14.6 Å². The van der Waals surface area contributed by atoms with Crippen LogP contribution in [0.3, 0.4) is 0 Å². The fourth-order valence-electron chi connectivity index (χ4n) is 1.00. The summed E-state index contributed by atoms with van der Waals surface area (Å²) in [5.41, 5.74) is 0. The van der Waals surface area contributed by atoms with Gasteiger partial charge < -0.3 is 4.74 Å². The van der Waals surface area contributed by atoms with Crippen molar-refractivity contribution in [1.29, 1.82) is 0 Å². The second-order valence-electron chi connectivity index (χ2n) is 3.43. The van der Waals surface area contributed by atoms with Gasteiger partial charge in [-0.15, -0.1) is 0 Å². The molecule has 94 valence electrons. The van der Waals surface area contributed by atoms with Crippen molar-refractivity contribution in [3.05, 3.63) is 28.2 Å². The van der Waals surface area contributed by atoms with Gasteiger partial charge in [-0.2, -0.15) is 0 Å². The summed E-state index contributed by atoms with van der Waals surface area (Å²) in [4.78, 5) is 11.3. The number of halogens is 2. The Hall–Kier alpha value is -0.780. The Kier molecular flexibility index (Phi) is 4.80. The molecule has 0 saturated carbocycles. The SMILES string of the molecule is CS(=O)(=O)CCC(=O)Oc1ccc(Cl)cc1Cl. The smallest absolute Gasteiger partial charge is 0.312 e. The fourth-order valence-corrected chi connectivity index (χ4v) is 1.98. The lowest BCUT2D eigenvalue weighted by molar-refractivity contribution is -0.133. The van der Waals surface area contributed by atoms with Gasteiger partial charge in [0.2, 0.25) is 0 Å². The minimum atomic E-state index is -3.18. The molecular weight excluding hydrogens is 287 g/mol. The Labute approximate surface area is 109 Å². The molecule has 4 nitrogen and oxygen atoms in total. The van der Waals surface area contributed by atoms with Crippen molar-refractivity contribution in [2.24, 2.45) is 0 Å². The van der Waals surface area contributed by atoms with Gasteiger partial charge in [0, 0.05) is 11.3 Å². The molecule has 0 unspecified atom stereocenters. The van der Waals surface area contributed by atoms with Crippen molar-refractivity contribution in [3.8, 4) is 5.75 Å². The van der Waals surface area contributed by atoms with Crippen LogP contribution in [0.5, 0.6) is 5.75 Å². The summed E-state index contributed by atoms with van der Waals surface area (Å²) in [5.74, 6) is -0.744. The molecule has 0 aliphatic rings. The third-order valence-corrected chi connectivity index (χ3v) is 3.27. The maximum atomic E-state index is 11.3. The molecule has 0 N–H and O–H groups in total. The van der Waals surface area contributed by atoms with Crippen LogP contribution in [0, 0.1) is 0 Å². The number of rotatable bonds is 4. The number of benzene rings is 1. The lowest BCUT2D eigenvalue weighted by atomic mass is 10.3. The molecule has 1 rings (SSSR count). The summed E-state index contributed by atoms with van der Waals surface area (Å²) >= 11 is 11.5. The third kappa shape index (κ3) is 5.39. The molecule has 0 atom stereocenters. The molecule has 1 aromatic rings. The monoisotopic (exact) mass is 296 g/mol. The van der Waals surface area contributed by atoms with E-state index in [1.165, 1.54) is 18.2 Å². The van der Waals surface area contributed by atoms with E-state index in [4.69, 9.17) is 27.9 Å². The normalized spacial score (nSPS) is 11.2. The molecule has 0 aliphatic heterocycles. The molecule has 1 aromatic carbocycles. The van der Waals surface area contributed by atoms with E-state index in [1.807, 2.05) is 0 Å². The Morgan fingerprint density at radius 1 is 1.35 bits per heavy atom. The summed E-state index contributed by atoms with van der Waals surface area (Å²) < 4.78 is 26.6. The first-order chi connectivity index (χ1) is 7.78. The van der Waals surface area contributed by atoms with Gasteiger partial charge in [-0.3, -0.25) is 4.79 Å². The first-order valence-electron chi connectivity index (χ1n) is 4.61. The van der Waals surface area contributed by atoms with E-state index in [9.17, 15) is 13.2 Å². The van der Waals surface area contributed by atoms with Crippen LogP contribution < -0.4 is 4.74 Å². The molecule has 0 fully saturated rings. The zero-order chi connectivity index (χ0) is 13.1. The molecule has 0 bridgehead atoms. The van der Waals surface area contributed by atoms with Gasteiger partial charge in [0.05, 0.1) is 17.2 Å². The Morgan fingerprint density at radius 2 is 2.00 bits per heavy atom. The van der Waals surface area contributed by atoms with Crippen LogP contribution in [-0.4, -0.2) is 26.4 Å². The van der Waals surface area contributed by atoms with E-state index in [-0.39, 0.29) is 22.9 Å². The topological polar surface area (TPSA) is 60.4 Å². The Balaban J connectivity index is 2.62. The minimum absolute atomic E-state index is 0.162. The second kappa shape index (κ2) is 5.71. The van der Waals surface area contributed by atoms with Crippen molar-refractivity contribution in [2.75, 3.05) is 12.0 Å². The molecule has 0 aliphatic carbocycles. The van der Waals surface area contributed by atoms with E-state index < -0.39 is 15.8 Å². The van der Waals surface area contributed by atoms with Gasteiger partial charge in [0.1, 0.15) is 15.6 Å². The number of carbonyl (C=O) groups is 1. The molecule has 0 saturated heterocycles. The van der Waals surface area contributed by atoms with E-state index >= 15 is 0 Å². The van der Waals surface area contributed by atoms with Crippen LogP contribution >= 0.6 is 23.2 Å². The lowest BCUT2D eigenvalue weighted by Crippen LogP contribution is -2.14. The third-order valence-electron chi connectivity index (χ3n) is 1.79. The quantitative estimate of drug-likeness (QED) is 0.632. The predicted molar refractivity (Wildman–Crippen MR) is 66.4 cm³/mol. The van der Waals surface area contributed by atoms with Gasteiger partial charge in [-0.25, -0.2) is 8.42 Å². The molecule has 0 spiro atoms. The maximum absolute atomic E-state index is 11.3. The number of hydrogen-bond donors (Lipinski definition) is 0. The van der Waals surface area contributed by atoms with Gasteiger partial charge in [-0.05, 0) is 18.2 Å². The number of ether oxygens (including phenoxy) is 1. The largest absolute Gasteiger partial charge is 0.425 e. The summed E-state index contributed by atoms with van der Waals surface area (Å²) in [7, 11) is -3.18. The number of carbonyl (C=O) groups excluding carboxylic acids is 1. The van der Waals surface area contributed by atoms with Crippen LogP contribution in [0.2, 0.25) is 10.0 Å². The van der Waals surface area contributed by atoms with Crippen molar-refractivity contribution in [3.63, 3.8) is 0 Å². The van der Waals surface area contributed by atoms with Crippen LogP contribution in [0.15, 0.2) is 18.2 Å². The van der Waals surface area contributed by atoms with Crippen LogP contribution in [0.25, 0.3) is 0 Å². The number of sulfone groups is 1. The molecule has 17 heavy (non-hydrogen) atoms. The summed E-state index contributed by atoms with van der Waals surface area (Å²) in [6.07, 6.45) is 0.841. The Morgan fingerprint density at radius 3 is 2.53 bits per heavy atom. The molecule has 0 aromatic heterocycles. The van der Waals surface area contributed by atoms with Crippen LogP contribution in [0.1, 0.15) is 6.42 Å². The minimum Gasteiger partial charge on any atom is -0.425 e. The second-order valence-corrected chi connectivity index (χ2v) is 6.53. The molecule has 0 radical (unpaired) electrons. The first kappa shape index (κ1) is 14.3. The summed E-state index contributed by atoms with van der Waals surface area (Å²) in [6, 6.07) is 4.40. The standard InChI is InChI=1S/C10H10Cl2O4S/c1-17(14,15)5-4-10(13)16-9-3-2-7(11)6-8(9)12/h2-3,6H,4-5H2,1H3. The van der Waals surface area contributed by atoms with Crippen molar-refractivity contribution < 1.29 is 17.9 Å². The highest BCUT2D eigenvalue weighted by Crippen LogP contribution is 2.27. The van der Waals surface area contributed by atoms with Gasteiger partial charge in [0.25, 0.3) is 0 Å². The van der Waals surface area contributed by atoms with Crippen molar-refractivity contribution in [1.82, 2.24) is 0 Å². The number of hydrogen-bond acceptors (Lipinski definition) is 4. The predicted octanol–water partition coefficient (Wildman–Crippen LogP) is 2.33. The Bertz CT molecular complexity index is 525. The summed E-state index contributed by atoms with van der Waals surface area (Å²) in [6.45, 7) is 0. The van der Waals surface area contributed by atoms with E-state index in [2.05, 4.69) is 0 Å². The average Bonchev–Trinajstić information content (AvgIpc) is 2.18. The van der Waals surface area contributed by atoms with Crippen LogP contribution in [0.4, 0.5) is 0 Å². The van der Waals surface area contributed by atoms with Gasteiger partial charge >= 0.3 is 5.97 Å². The highest BCUT2D eigenvalue weighted by Gasteiger charge is 2.12. The van der Waals surface area contributed by atoms with Gasteiger partial charge in [0.15, 0.2) is 0 Å².